The summed E-state index contributed by atoms with van der Waals surface area (Å²) in [5, 5.41) is 8.81. The fourth-order valence-corrected chi connectivity index (χ4v) is 0.760. The molecule has 0 aliphatic rings. The van der Waals surface area contributed by atoms with Crippen LogP contribution in [-0.2, 0) is 0 Å². The number of pyridine rings is 1. The van der Waals surface area contributed by atoms with Crippen molar-refractivity contribution < 1.29 is 23.0 Å². The lowest BCUT2D eigenvalue weighted by atomic mass is 10.3. The fourth-order valence-electron chi connectivity index (χ4n) is 0.760. The van der Waals surface area contributed by atoms with Crippen molar-refractivity contribution in [2.45, 2.75) is 6.43 Å². The Morgan fingerprint density at radius 1 is 1.54 bits per heavy atom. The summed E-state index contributed by atoms with van der Waals surface area (Å²) < 4.78 is 41.3. The first-order valence-electron chi connectivity index (χ1n) is 3.27. The van der Waals surface area contributed by atoms with Crippen LogP contribution in [0.1, 0.15) is 12.1 Å². The molecule has 0 aliphatic carbocycles. The molecule has 0 aromatic carbocycles. The molecule has 0 saturated carbocycles. The van der Waals surface area contributed by atoms with Gasteiger partial charge in [-0.15, -0.1) is 0 Å². The van der Waals surface area contributed by atoms with E-state index in [-0.39, 0.29) is 5.88 Å². The van der Waals surface area contributed by atoms with E-state index in [9.17, 15) is 13.2 Å². The third-order valence-corrected chi connectivity index (χ3v) is 1.37. The van der Waals surface area contributed by atoms with Crippen molar-refractivity contribution >= 4 is 0 Å². The van der Waals surface area contributed by atoms with Crippen LogP contribution in [0.25, 0.3) is 0 Å². The Bertz CT molecular complexity index is 317. The number of rotatable bonds is 2. The van der Waals surface area contributed by atoms with E-state index in [0.717, 1.165) is 13.2 Å². The number of hydrogen-bond acceptors (Lipinski definition) is 3. The molecule has 1 rings (SSSR count). The van der Waals surface area contributed by atoms with Gasteiger partial charge in [-0.25, -0.2) is 18.2 Å². The van der Waals surface area contributed by atoms with Crippen LogP contribution in [-0.4, -0.2) is 17.2 Å². The minimum absolute atomic E-state index is 0.300. The fraction of sp³-hybridized carbons (Fsp3) is 0.286. The van der Waals surface area contributed by atoms with Gasteiger partial charge in [0, 0.05) is 6.07 Å². The molecular formula is C7H6F3NO2. The number of halogens is 3. The van der Waals surface area contributed by atoms with Gasteiger partial charge in [-0.1, -0.05) is 0 Å². The Kier molecular flexibility index (Phi) is 2.60. The van der Waals surface area contributed by atoms with E-state index < -0.39 is 23.7 Å². The molecular weight excluding hydrogens is 187 g/mol. The van der Waals surface area contributed by atoms with Gasteiger partial charge in [-0.3, -0.25) is 0 Å². The molecule has 1 N–H and O–H groups in total. The zero-order valence-electron chi connectivity index (χ0n) is 6.59. The zero-order chi connectivity index (χ0) is 10.0. The molecule has 1 aromatic heterocycles. The highest BCUT2D eigenvalue weighted by Crippen LogP contribution is 2.30. The van der Waals surface area contributed by atoms with Gasteiger partial charge >= 0.3 is 0 Å². The molecule has 0 fully saturated rings. The van der Waals surface area contributed by atoms with Gasteiger partial charge < -0.3 is 9.84 Å². The summed E-state index contributed by atoms with van der Waals surface area (Å²) in [5.74, 6) is -2.62. The highest BCUT2D eigenvalue weighted by Gasteiger charge is 2.19. The average Bonchev–Trinajstić information content (AvgIpc) is 2.09. The van der Waals surface area contributed by atoms with Gasteiger partial charge in [0.25, 0.3) is 6.43 Å². The van der Waals surface area contributed by atoms with Crippen molar-refractivity contribution in [3.63, 3.8) is 0 Å². The predicted molar refractivity (Wildman–Crippen MR) is 37.4 cm³/mol. The lowest BCUT2D eigenvalue weighted by Gasteiger charge is -2.05. The summed E-state index contributed by atoms with van der Waals surface area (Å²) in [4.78, 5) is 3.19. The molecule has 0 bridgehead atoms. The molecule has 0 amide bonds. The summed E-state index contributed by atoms with van der Waals surface area (Å²) in [6.07, 6.45) is -3.04. The Balaban J connectivity index is 3.25. The van der Waals surface area contributed by atoms with Crippen LogP contribution in [0.5, 0.6) is 11.6 Å². The Labute approximate surface area is 71.8 Å². The number of aromatic hydroxyl groups is 1. The molecule has 0 saturated heterocycles. The summed E-state index contributed by atoms with van der Waals surface area (Å²) in [5.41, 5.74) is -1.02. The minimum atomic E-state index is -3.04. The van der Waals surface area contributed by atoms with Crippen LogP contribution in [0.4, 0.5) is 13.2 Å². The maximum Gasteiger partial charge on any atom is 0.284 e. The zero-order valence-corrected chi connectivity index (χ0v) is 6.59. The second kappa shape index (κ2) is 3.51. The average molecular weight is 193 g/mol. The molecule has 72 valence electrons. The molecule has 0 unspecified atom stereocenters. The second-order valence-electron chi connectivity index (χ2n) is 2.18. The number of alkyl halides is 2. The van der Waals surface area contributed by atoms with E-state index in [1.807, 2.05) is 0 Å². The summed E-state index contributed by atoms with van der Waals surface area (Å²) >= 11 is 0. The van der Waals surface area contributed by atoms with E-state index in [1.165, 1.54) is 0 Å². The first-order valence-corrected chi connectivity index (χ1v) is 3.27. The van der Waals surface area contributed by atoms with E-state index in [0.29, 0.717) is 0 Å². The highest BCUT2D eigenvalue weighted by atomic mass is 19.3. The summed E-state index contributed by atoms with van der Waals surface area (Å²) in [6.45, 7) is 0. The van der Waals surface area contributed by atoms with Gasteiger partial charge in [-0.05, 0) is 0 Å². The van der Waals surface area contributed by atoms with Crippen LogP contribution < -0.4 is 4.74 Å². The second-order valence-corrected chi connectivity index (χ2v) is 2.18. The third-order valence-electron chi connectivity index (χ3n) is 1.37. The molecule has 0 radical (unpaired) electrons. The van der Waals surface area contributed by atoms with Crippen molar-refractivity contribution in [3.05, 3.63) is 17.6 Å². The van der Waals surface area contributed by atoms with Gasteiger partial charge in [0.1, 0.15) is 0 Å². The quantitative estimate of drug-likeness (QED) is 0.779. The van der Waals surface area contributed by atoms with Crippen molar-refractivity contribution in [2.24, 2.45) is 0 Å². The number of methoxy groups -OCH3 is 1. The van der Waals surface area contributed by atoms with Crippen molar-refractivity contribution in [1.29, 1.82) is 0 Å². The summed E-state index contributed by atoms with van der Waals surface area (Å²) in [7, 11) is 1.16. The molecule has 6 heteroatoms. The van der Waals surface area contributed by atoms with Crippen molar-refractivity contribution in [2.75, 3.05) is 7.11 Å². The largest absolute Gasteiger partial charge is 0.503 e. The lowest BCUT2D eigenvalue weighted by molar-refractivity contribution is 0.139. The highest BCUT2D eigenvalue weighted by molar-refractivity contribution is 5.32. The molecule has 13 heavy (non-hydrogen) atoms. The number of aromatic nitrogens is 1. The van der Waals surface area contributed by atoms with Crippen LogP contribution in [0.15, 0.2) is 6.07 Å². The van der Waals surface area contributed by atoms with Gasteiger partial charge in [0.2, 0.25) is 5.88 Å². The summed E-state index contributed by atoms with van der Waals surface area (Å²) in [6, 6.07) is 0.723. The van der Waals surface area contributed by atoms with Crippen LogP contribution >= 0.6 is 0 Å². The molecule has 1 aromatic rings. The van der Waals surface area contributed by atoms with Gasteiger partial charge in [-0.2, -0.15) is 0 Å². The van der Waals surface area contributed by atoms with Gasteiger partial charge in [0.05, 0.1) is 7.11 Å². The Morgan fingerprint density at radius 3 is 2.62 bits per heavy atom. The van der Waals surface area contributed by atoms with E-state index in [2.05, 4.69) is 9.72 Å². The molecule has 0 spiro atoms. The van der Waals surface area contributed by atoms with Crippen LogP contribution in [0.3, 0.4) is 0 Å². The van der Waals surface area contributed by atoms with Crippen molar-refractivity contribution in [3.8, 4) is 11.6 Å². The normalized spacial score (nSPS) is 10.5. The standard InChI is InChI=1S/C7H6F3NO2/c1-13-4-2-3(8)6(12)5(11-4)7(9)10/h2,7,12H,1H3. The Morgan fingerprint density at radius 2 is 2.15 bits per heavy atom. The first-order chi connectivity index (χ1) is 6.06. The lowest BCUT2D eigenvalue weighted by Crippen LogP contribution is -1.97. The van der Waals surface area contributed by atoms with E-state index >= 15 is 0 Å². The molecule has 0 atom stereocenters. The maximum absolute atomic E-state index is 12.7. The number of ether oxygens (including phenoxy) is 1. The SMILES string of the molecule is COc1cc(F)c(O)c(C(F)F)n1. The number of nitrogens with zero attached hydrogens (tertiary/aromatic N) is 1. The third kappa shape index (κ3) is 1.82. The molecule has 3 nitrogen and oxygen atoms in total. The Hall–Kier alpha value is -1.46. The van der Waals surface area contributed by atoms with E-state index in [4.69, 9.17) is 5.11 Å². The first kappa shape index (κ1) is 9.63. The molecule has 1 heterocycles. The van der Waals surface area contributed by atoms with Crippen molar-refractivity contribution in [1.82, 2.24) is 4.98 Å². The minimum Gasteiger partial charge on any atom is -0.503 e. The van der Waals surface area contributed by atoms with E-state index in [1.54, 1.807) is 0 Å². The number of hydrogen-bond donors (Lipinski definition) is 1. The van der Waals surface area contributed by atoms with Crippen LogP contribution in [0.2, 0.25) is 0 Å². The predicted octanol–water partition coefficient (Wildman–Crippen LogP) is 1.87. The van der Waals surface area contributed by atoms with Gasteiger partial charge in [0.15, 0.2) is 17.3 Å². The van der Waals surface area contributed by atoms with Crippen LogP contribution in [0, 0.1) is 5.82 Å². The monoisotopic (exact) mass is 193 g/mol. The molecule has 0 aliphatic heterocycles. The smallest absolute Gasteiger partial charge is 0.284 e. The maximum atomic E-state index is 12.7. The topological polar surface area (TPSA) is 42.4 Å².